The summed E-state index contributed by atoms with van der Waals surface area (Å²) in [6, 6.07) is 0. The van der Waals surface area contributed by atoms with Gasteiger partial charge in [-0.25, -0.2) is 0 Å². The molecule has 0 aliphatic carbocycles. The van der Waals surface area contributed by atoms with E-state index in [2.05, 4.69) is 5.16 Å². The fraction of sp³-hybridized carbons (Fsp3) is 0.867. The molecule has 6 nitrogen and oxygen atoms in total. The van der Waals surface area contributed by atoms with Gasteiger partial charge in [-0.1, -0.05) is 5.16 Å². The molecule has 2 aliphatic heterocycles. The molecular weight excluding hydrogens is 272 g/mol. The van der Waals surface area contributed by atoms with Crippen LogP contribution in [0, 0.1) is 0 Å². The van der Waals surface area contributed by atoms with Gasteiger partial charge in [0.05, 0.1) is 12.0 Å². The zero-order valence-electron chi connectivity index (χ0n) is 12.7. The fourth-order valence-corrected chi connectivity index (χ4v) is 3.24. The van der Waals surface area contributed by atoms with Crippen molar-refractivity contribution in [3.05, 3.63) is 11.7 Å². The summed E-state index contributed by atoms with van der Waals surface area (Å²) in [5.74, 6) is 1.87. The van der Waals surface area contributed by atoms with Crippen LogP contribution in [0.1, 0.15) is 49.7 Å². The van der Waals surface area contributed by atoms with Gasteiger partial charge in [0, 0.05) is 39.5 Å². The van der Waals surface area contributed by atoms with Gasteiger partial charge in [-0.15, -0.1) is 0 Å². The van der Waals surface area contributed by atoms with Gasteiger partial charge in [-0.3, -0.25) is 0 Å². The third-order valence-corrected chi connectivity index (χ3v) is 4.59. The topological polar surface area (TPSA) is 66.6 Å². The second-order valence-corrected chi connectivity index (χ2v) is 6.02. The maximum absolute atomic E-state index is 5.57. The molecule has 1 unspecified atom stereocenters. The van der Waals surface area contributed by atoms with Crippen LogP contribution in [0.25, 0.3) is 0 Å². The highest BCUT2D eigenvalue weighted by Gasteiger charge is 2.39. The molecule has 1 atom stereocenters. The molecular formula is C15H24N2O4. The average molecular weight is 296 g/mol. The van der Waals surface area contributed by atoms with E-state index in [9.17, 15) is 0 Å². The molecule has 0 N–H and O–H groups in total. The first-order chi connectivity index (χ1) is 10.3. The van der Waals surface area contributed by atoms with Crippen molar-refractivity contribution in [2.45, 2.75) is 43.4 Å². The van der Waals surface area contributed by atoms with Crippen molar-refractivity contribution in [1.82, 2.24) is 10.1 Å². The summed E-state index contributed by atoms with van der Waals surface area (Å²) in [6.07, 6.45) is 4.84. The first-order valence-corrected chi connectivity index (χ1v) is 7.82. The zero-order valence-corrected chi connectivity index (χ0v) is 12.7. The second kappa shape index (κ2) is 6.85. The lowest BCUT2D eigenvalue weighted by Crippen LogP contribution is -2.39. The molecule has 3 heterocycles. The Bertz CT molecular complexity index is 429. The summed E-state index contributed by atoms with van der Waals surface area (Å²) in [5.41, 5.74) is -0.157. The highest BCUT2D eigenvalue weighted by Crippen LogP contribution is 2.35. The van der Waals surface area contributed by atoms with E-state index in [1.807, 2.05) is 0 Å². The van der Waals surface area contributed by atoms with Crippen LogP contribution in [0.5, 0.6) is 0 Å². The molecule has 21 heavy (non-hydrogen) atoms. The lowest BCUT2D eigenvalue weighted by molar-refractivity contribution is 0.00915. The van der Waals surface area contributed by atoms with Crippen molar-refractivity contribution in [3.63, 3.8) is 0 Å². The number of ether oxygens (including phenoxy) is 3. The highest BCUT2D eigenvalue weighted by molar-refractivity contribution is 5.10. The molecule has 0 aromatic carbocycles. The van der Waals surface area contributed by atoms with E-state index in [1.165, 1.54) is 0 Å². The molecule has 0 bridgehead atoms. The monoisotopic (exact) mass is 296 g/mol. The summed E-state index contributed by atoms with van der Waals surface area (Å²) < 4.78 is 22.0. The maximum Gasteiger partial charge on any atom is 0.229 e. The van der Waals surface area contributed by atoms with E-state index in [0.717, 1.165) is 70.2 Å². The van der Waals surface area contributed by atoms with Crippen molar-refractivity contribution >= 4 is 0 Å². The minimum absolute atomic E-state index is 0.157. The van der Waals surface area contributed by atoms with Crippen LogP contribution in [-0.2, 0) is 19.6 Å². The van der Waals surface area contributed by atoms with E-state index in [4.69, 9.17) is 23.7 Å². The molecule has 2 fully saturated rings. The average Bonchev–Trinajstić information content (AvgIpc) is 2.86. The minimum atomic E-state index is -0.157. The Morgan fingerprint density at radius 1 is 1.14 bits per heavy atom. The third kappa shape index (κ3) is 3.27. The van der Waals surface area contributed by atoms with Crippen molar-refractivity contribution in [1.29, 1.82) is 0 Å². The molecule has 2 saturated heterocycles. The number of aromatic nitrogens is 2. The number of rotatable bonds is 4. The number of methoxy groups -OCH3 is 1. The number of hydrogen-bond donors (Lipinski definition) is 0. The molecule has 0 saturated carbocycles. The van der Waals surface area contributed by atoms with E-state index >= 15 is 0 Å². The summed E-state index contributed by atoms with van der Waals surface area (Å²) in [4.78, 5) is 4.72. The molecule has 118 valence electrons. The normalized spacial score (nSPS) is 26.4. The van der Waals surface area contributed by atoms with Gasteiger partial charge in [-0.05, 0) is 32.1 Å². The molecule has 0 spiro atoms. The second-order valence-electron chi connectivity index (χ2n) is 6.02. The third-order valence-electron chi connectivity index (χ3n) is 4.59. The van der Waals surface area contributed by atoms with E-state index in [1.54, 1.807) is 7.11 Å². The van der Waals surface area contributed by atoms with E-state index < -0.39 is 0 Å². The molecule has 1 aromatic rings. The quantitative estimate of drug-likeness (QED) is 0.847. The summed E-state index contributed by atoms with van der Waals surface area (Å²) in [7, 11) is 1.72. The summed E-state index contributed by atoms with van der Waals surface area (Å²) in [5, 5.41) is 4.27. The molecule has 0 radical (unpaired) electrons. The van der Waals surface area contributed by atoms with Gasteiger partial charge in [-0.2, -0.15) is 4.98 Å². The van der Waals surface area contributed by atoms with Crippen LogP contribution in [0.3, 0.4) is 0 Å². The highest BCUT2D eigenvalue weighted by atomic mass is 16.5. The number of hydrogen-bond acceptors (Lipinski definition) is 6. The van der Waals surface area contributed by atoms with Crippen molar-refractivity contribution < 1.29 is 18.7 Å². The lowest BCUT2D eigenvalue weighted by atomic mass is 9.80. The molecule has 6 heteroatoms. The van der Waals surface area contributed by atoms with Gasteiger partial charge in [0.15, 0.2) is 5.82 Å². The SMILES string of the molecule is COCC1(c2noc(C3CCCOCC3)n2)CCOCC1. The maximum atomic E-state index is 5.57. The molecule has 3 rings (SSSR count). The van der Waals surface area contributed by atoms with Crippen molar-refractivity contribution in [3.8, 4) is 0 Å². The van der Waals surface area contributed by atoms with Gasteiger partial charge in [0.2, 0.25) is 5.89 Å². The van der Waals surface area contributed by atoms with Crippen molar-refractivity contribution in [2.24, 2.45) is 0 Å². The predicted octanol–water partition coefficient (Wildman–Crippen LogP) is 2.05. The number of nitrogens with zero attached hydrogens (tertiary/aromatic N) is 2. The van der Waals surface area contributed by atoms with Gasteiger partial charge in [0.25, 0.3) is 0 Å². The van der Waals surface area contributed by atoms with E-state index in [-0.39, 0.29) is 5.41 Å². The fourth-order valence-electron chi connectivity index (χ4n) is 3.24. The Hall–Kier alpha value is -0.980. The van der Waals surface area contributed by atoms with Crippen LogP contribution < -0.4 is 0 Å². The van der Waals surface area contributed by atoms with Crippen LogP contribution in [-0.4, -0.2) is 50.3 Å². The largest absolute Gasteiger partial charge is 0.384 e. The Morgan fingerprint density at radius 2 is 1.95 bits per heavy atom. The zero-order chi connectivity index (χ0) is 14.5. The Morgan fingerprint density at radius 3 is 2.76 bits per heavy atom. The van der Waals surface area contributed by atoms with Crippen LogP contribution >= 0.6 is 0 Å². The predicted molar refractivity (Wildman–Crippen MR) is 75.3 cm³/mol. The van der Waals surface area contributed by atoms with E-state index in [0.29, 0.717) is 12.5 Å². The Labute approximate surface area is 125 Å². The first-order valence-electron chi connectivity index (χ1n) is 7.82. The van der Waals surface area contributed by atoms with Crippen LogP contribution in [0.4, 0.5) is 0 Å². The van der Waals surface area contributed by atoms with Gasteiger partial charge < -0.3 is 18.7 Å². The summed E-state index contributed by atoms with van der Waals surface area (Å²) >= 11 is 0. The summed E-state index contributed by atoms with van der Waals surface area (Å²) in [6.45, 7) is 3.68. The molecule has 1 aromatic heterocycles. The molecule has 2 aliphatic rings. The first kappa shape index (κ1) is 14.9. The Kier molecular flexibility index (Phi) is 4.87. The lowest BCUT2D eigenvalue weighted by Gasteiger charge is -2.33. The standard InChI is InChI=1S/C15H24N2O4/c1-18-11-15(5-9-20-10-6-15)14-16-13(21-17-14)12-3-2-7-19-8-4-12/h12H,2-11H2,1H3. The molecule has 0 amide bonds. The van der Waals surface area contributed by atoms with Crippen LogP contribution in [0.15, 0.2) is 4.52 Å². The van der Waals surface area contributed by atoms with Gasteiger partial charge >= 0.3 is 0 Å². The smallest absolute Gasteiger partial charge is 0.229 e. The van der Waals surface area contributed by atoms with Crippen molar-refractivity contribution in [2.75, 3.05) is 40.1 Å². The minimum Gasteiger partial charge on any atom is -0.384 e. The van der Waals surface area contributed by atoms with Crippen LogP contribution in [0.2, 0.25) is 0 Å². The van der Waals surface area contributed by atoms with Gasteiger partial charge in [0.1, 0.15) is 0 Å². The Balaban J connectivity index is 1.78.